The van der Waals surface area contributed by atoms with Crippen LogP contribution in [0.4, 0.5) is 5.69 Å². The van der Waals surface area contributed by atoms with Gasteiger partial charge < -0.3 is 14.8 Å². The van der Waals surface area contributed by atoms with Crippen molar-refractivity contribution in [2.75, 3.05) is 11.9 Å². The fourth-order valence-electron chi connectivity index (χ4n) is 2.28. The standard InChI is InChI=1S/C21H23NO4/c1-4-7-16-8-5-6-9-19(16)25-14-20(23)22-18-12-10-17(11-13-18)21(24)26-15(2)3/h4-6,8-13,15H,1,7,14H2,2-3H3,(H,22,23). The van der Waals surface area contributed by atoms with Crippen LogP contribution in [0.3, 0.4) is 0 Å². The minimum atomic E-state index is -0.389. The molecule has 0 saturated carbocycles. The Hall–Kier alpha value is -3.08. The first-order valence-corrected chi connectivity index (χ1v) is 8.42. The maximum atomic E-state index is 12.1. The van der Waals surface area contributed by atoms with E-state index in [1.54, 1.807) is 44.2 Å². The van der Waals surface area contributed by atoms with Crippen LogP contribution in [0.1, 0.15) is 29.8 Å². The Labute approximate surface area is 153 Å². The normalized spacial score (nSPS) is 10.3. The van der Waals surface area contributed by atoms with E-state index in [0.29, 0.717) is 23.4 Å². The minimum absolute atomic E-state index is 0.106. The zero-order valence-corrected chi connectivity index (χ0v) is 15.0. The van der Waals surface area contributed by atoms with Crippen molar-refractivity contribution in [2.24, 2.45) is 0 Å². The lowest BCUT2D eigenvalue weighted by Gasteiger charge is -2.11. The Morgan fingerprint density at radius 2 is 1.81 bits per heavy atom. The Morgan fingerprint density at radius 3 is 2.46 bits per heavy atom. The van der Waals surface area contributed by atoms with Crippen molar-refractivity contribution in [3.05, 3.63) is 72.3 Å². The van der Waals surface area contributed by atoms with Crippen molar-refractivity contribution in [1.82, 2.24) is 0 Å². The average molecular weight is 353 g/mol. The van der Waals surface area contributed by atoms with Crippen LogP contribution in [-0.4, -0.2) is 24.6 Å². The quantitative estimate of drug-likeness (QED) is 0.575. The third-order valence-electron chi connectivity index (χ3n) is 3.44. The van der Waals surface area contributed by atoms with Crippen molar-refractivity contribution in [3.63, 3.8) is 0 Å². The zero-order chi connectivity index (χ0) is 18.9. The van der Waals surface area contributed by atoms with Gasteiger partial charge in [-0.2, -0.15) is 0 Å². The van der Waals surface area contributed by atoms with Gasteiger partial charge in [-0.1, -0.05) is 24.3 Å². The maximum absolute atomic E-state index is 12.1. The Kier molecular flexibility index (Phi) is 6.97. The predicted molar refractivity (Wildman–Crippen MR) is 101 cm³/mol. The van der Waals surface area contributed by atoms with E-state index in [1.165, 1.54) is 0 Å². The molecule has 0 aliphatic rings. The molecular weight excluding hydrogens is 330 g/mol. The van der Waals surface area contributed by atoms with Gasteiger partial charge in [0.25, 0.3) is 5.91 Å². The second kappa shape index (κ2) is 9.42. The molecule has 0 unspecified atom stereocenters. The van der Waals surface area contributed by atoms with Gasteiger partial charge in [0.15, 0.2) is 6.61 Å². The molecular formula is C21H23NO4. The van der Waals surface area contributed by atoms with Crippen LogP contribution in [0.15, 0.2) is 61.2 Å². The molecule has 0 heterocycles. The number of carbonyl (C=O) groups is 2. The predicted octanol–water partition coefficient (Wildman–Crippen LogP) is 4.00. The number of hydrogen-bond acceptors (Lipinski definition) is 4. The van der Waals surface area contributed by atoms with E-state index >= 15 is 0 Å². The highest BCUT2D eigenvalue weighted by molar-refractivity contribution is 5.93. The lowest BCUT2D eigenvalue weighted by Crippen LogP contribution is -2.20. The molecule has 0 bridgehead atoms. The number of nitrogens with one attached hydrogen (secondary N) is 1. The zero-order valence-electron chi connectivity index (χ0n) is 15.0. The molecule has 0 spiro atoms. The molecule has 2 rings (SSSR count). The lowest BCUT2D eigenvalue weighted by atomic mass is 10.1. The molecule has 2 aromatic rings. The smallest absolute Gasteiger partial charge is 0.338 e. The number of hydrogen-bond donors (Lipinski definition) is 1. The highest BCUT2D eigenvalue weighted by Crippen LogP contribution is 2.19. The number of ether oxygens (including phenoxy) is 2. The van der Waals surface area contributed by atoms with Crippen molar-refractivity contribution < 1.29 is 19.1 Å². The summed E-state index contributed by atoms with van der Waals surface area (Å²) in [7, 11) is 0. The summed E-state index contributed by atoms with van der Waals surface area (Å²) in [5.74, 6) is -0.00900. The minimum Gasteiger partial charge on any atom is -0.483 e. The number of benzene rings is 2. The average Bonchev–Trinajstić information content (AvgIpc) is 2.61. The molecule has 2 aromatic carbocycles. The van der Waals surface area contributed by atoms with E-state index in [9.17, 15) is 9.59 Å². The van der Waals surface area contributed by atoms with Gasteiger partial charge >= 0.3 is 5.97 Å². The summed E-state index contributed by atoms with van der Waals surface area (Å²) in [6.07, 6.45) is 2.28. The summed E-state index contributed by atoms with van der Waals surface area (Å²) in [5.41, 5.74) is 1.99. The van der Waals surface area contributed by atoms with Crippen LogP contribution >= 0.6 is 0 Å². The molecule has 1 N–H and O–H groups in total. The van der Waals surface area contributed by atoms with Gasteiger partial charge in [0.05, 0.1) is 11.7 Å². The van der Waals surface area contributed by atoms with Gasteiger partial charge in [0.1, 0.15) is 5.75 Å². The number of amides is 1. The van der Waals surface area contributed by atoms with Crippen molar-refractivity contribution in [3.8, 4) is 5.75 Å². The summed E-state index contributed by atoms with van der Waals surface area (Å²) in [6.45, 7) is 7.19. The molecule has 0 saturated heterocycles. The van der Waals surface area contributed by atoms with Crippen LogP contribution in [0.25, 0.3) is 0 Å². The molecule has 0 aromatic heterocycles. The summed E-state index contributed by atoms with van der Waals surface area (Å²) in [5, 5.41) is 2.73. The SMILES string of the molecule is C=CCc1ccccc1OCC(=O)Nc1ccc(C(=O)OC(C)C)cc1. The molecule has 0 radical (unpaired) electrons. The summed E-state index contributed by atoms with van der Waals surface area (Å²) < 4.78 is 10.7. The molecule has 136 valence electrons. The maximum Gasteiger partial charge on any atom is 0.338 e. The lowest BCUT2D eigenvalue weighted by molar-refractivity contribution is -0.118. The number of rotatable bonds is 8. The monoisotopic (exact) mass is 353 g/mol. The first-order chi connectivity index (χ1) is 12.5. The van der Waals surface area contributed by atoms with Crippen LogP contribution in [0, 0.1) is 0 Å². The number of para-hydroxylation sites is 1. The Balaban J connectivity index is 1.90. The summed E-state index contributed by atoms with van der Waals surface area (Å²) in [6, 6.07) is 14.1. The first-order valence-electron chi connectivity index (χ1n) is 8.42. The van der Waals surface area contributed by atoms with Crippen LogP contribution in [-0.2, 0) is 16.0 Å². The summed E-state index contributed by atoms with van der Waals surface area (Å²) in [4.78, 5) is 23.9. The van der Waals surface area contributed by atoms with E-state index in [1.807, 2.05) is 24.3 Å². The van der Waals surface area contributed by atoms with Crippen LogP contribution in [0.2, 0.25) is 0 Å². The summed E-state index contributed by atoms with van der Waals surface area (Å²) >= 11 is 0. The fourth-order valence-corrected chi connectivity index (χ4v) is 2.28. The van der Waals surface area contributed by atoms with Gasteiger partial charge in [-0.3, -0.25) is 4.79 Å². The highest BCUT2D eigenvalue weighted by Gasteiger charge is 2.10. The van der Waals surface area contributed by atoms with E-state index in [2.05, 4.69) is 11.9 Å². The van der Waals surface area contributed by atoms with Gasteiger partial charge in [0.2, 0.25) is 0 Å². The number of allylic oxidation sites excluding steroid dienone is 1. The Bertz CT molecular complexity index is 766. The largest absolute Gasteiger partial charge is 0.483 e. The van der Waals surface area contributed by atoms with E-state index in [-0.39, 0.29) is 24.6 Å². The third-order valence-corrected chi connectivity index (χ3v) is 3.44. The molecule has 0 aliphatic heterocycles. The Morgan fingerprint density at radius 1 is 1.12 bits per heavy atom. The van der Waals surface area contributed by atoms with Crippen LogP contribution in [0.5, 0.6) is 5.75 Å². The number of carbonyl (C=O) groups excluding carboxylic acids is 2. The van der Waals surface area contributed by atoms with Gasteiger partial charge in [-0.05, 0) is 56.2 Å². The van der Waals surface area contributed by atoms with Crippen LogP contribution < -0.4 is 10.1 Å². The topological polar surface area (TPSA) is 64.6 Å². The molecule has 0 fully saturated rings. The highest BCUT2D eigenvalue weighted by atomic mass is 16.5. The van der Waals surface area contributed by atoms with Crippen molar-refractivity contribution in [2.45, 2.75) is 26.4 Å². The molecule has 5 heteroatoms. The molecule has 0 atom stereocenters. The second-order valence-electron chi connectivity index (χ2n) is 5.97. The first kappa shape index (κ1) is 19.2. The van der Waals surface area contributed by atoms with E-state index in [4.69, 9.17) is 9.47 Å². The van der Waals surface area contributed by atoms with E-state index < -0.39 is 0 Å². The second-order valence-corrected chi connectivity index (χ2v) is 5.97. The van der Waals surface area contributed by atoms with Crippen molar-refractivity contribution >= 4 is 17.6 Å². The van der Waals surface area contributed by atoms with Gasteiger partial charge in [-0.25, -0.2) is 4.79 Å². The number of anilines is 1. The molecule has 5 nitrogen and oxygen atoms in total. The molecule has 26 heavy (non-hydrogen) atoms. The number of esters is 1. The van der Waals surface area contributed by atoms with E-state index in [0.717, 1.165) is 5.56 Å². The molecule has 0 aliphatic carbocycles. The van der Waals surface area contributed by atoms with Gasteiger partial charge in [-0.15, -0.1) is 6.58 Å². The van der Waals surface area contributed by atoms with Gasteiger partial charge in [0, 0.05) is 5.69 Å². The third kappa shape index (κ3) is 5.77. The fraction of sp³-hybridized carbons (Fsp3) is 0.238. The van der Waals surface area contributed by atoms with Crippen molar-refractivity contribution in [1.29, 1.82) is 0 Å². The molecule has 1 amide bonds.